The number of hydrogen-bond acceptors (Lipinski definition) is 3. The summed E-state index contributed by atoms with van der Waals surface area (Å²) in [6.45, 7) is 1.27. The Kier molecular flexibility index (Phi) is 3.51. The molecule has 0 aliphatic rings. The smallest absolute Gasteiger partial charge is 0.227 e. The molecule has 0 atom stereocenters. The standard InChI is InChI=1S/C15H10BrF2NO2/c1-7-9(3-2-4-10(7)16)15-19-11-5-8(6-20)12(17)13(18)14(11)21-15/h2-5,20H,6H2,1H3. The van der Waals surface area contributed by atoms with Crippen LogP contribution in [0.4, 0.5) is 8.78 Å². The van der Waals surface area contributed by atoms with Crippen molar-refractivity contribution < 1.29 is 18.3 Å². The number of fused-ring (bicyclic) bond motifs is 1. The molecule has 0 unspecified atom stereocenters. The number of aliphatic hydroxyl groups excluding tert-OH is 1. The molecule has 0 fully saturated rings. The largest absolute Gasteiger partial charge is 0.433 e. The Hall–Kier alpha value is -1.79. The fourth-order valence-corrected chi connectivity index (χ4v) is 2.49. The first kappa shape index (κ1) is 14.2. The molecule has 0 saturated heterocycles. The van der Waals surface area contributed by atoms with Crippen molar-refractivity contribution in [3.05, 3.63) is 51.5 Å². The van der Waals surface area contributed by atoms with Crippen LogP contribution in [0.15, 0.2) is 33.2 Å². The van der Waals surface area contributed by atoms with E-state index in [1.165, 1.54) is 6.07 Å². The highest BCUT2D eigenvalue weighted by Crippen LogP contribution is 2.32. The summed E-state index contributed by atoms with van der Waals surface area (Å²) in [7, 11) is 0. The molecule has 6 heteroatoms. The van der Waals surface area contributed by atoms with Crippen LogP contribution in [0.1, 0.15) is 11.1 Å². The molecule has 108 valence electrons. The lowest BCUT2D eigenvalue weighted by atomic mass is 10.1. The molecule has 0 bridgehead atoms. The second kappa shape index (κ2) is 5.20. The number of aromatic nitrogens is 1. The molecule has 0 radical (unpaired) electrons. The highest BCUT2D eigenvalue weighted by Gasteiger charge is 2.20. The Bertz CT molecular complexity index is 845. The monoisotopic (exact) mass is 353 g/mol. The lowest BCUT2D eigenvalue weighted by Crippen LogP contribution is -1.94. The van der Waals surface area contributed by atoms with Gasteiger partial charge in [-0.3, -0.25) is 0 Å². The average molecular weight is 354 g/mol. The number of oxazole rings is 1. The molecule has 1 N–H and O–H groups in total. The van der Waals surface area contributed by atoms with Gasteiger partial charge in [0.15, 0.2) is 11.4 Å². The van der Waals surface area contributed by atoms with Gasteiger partial charge in [-0.2, -0.15) is 4.39 Å². The molecular formula is C15H10BrF2NO2. The summed E-state index contributed by atoms with van der Waals surface area (Å²) in [5.41, 5.74) is 1.34. The molecule has 0 spiro atoms. The van der Waals surface area contributed by atoms with E-state index in [0.717, 1.165) is 10.0 Å². The molecule has 0 amide bonds. The van der Waals surface area contributed by atoms with Crippen molar-refractivity contribution in [3.63, 3.8) is 0 Å². The first-order chi connectivity index (χ1) is 10.0. The van der Waals surface area contributed by atoms with Crippen LogP contribution in [-0.4, -0.2) is 10.1 Å². The molecule has 0 aliphatic carbocycles. The minimum atomic E-state index is -1.14. The third kappa shape index (κ3) is 2.24. The second-order valence-electron chi connectivity index (χ2n) is 4.60. The number of aliphatic hydroxyl groups is 1. The average Bonchev–Trinajstić information content (AvgIpc) is 2.89. The number of benzene rings is 2. The van der Waals surface area contributed by atoms with Gasteiger partial charge in [0, 0.05) is 15.6 Å². The van der Waals surface area contributed by atoms with Crippen LogP contribution in [0.3, 0.4) is 0 Å². The van der Waals surface area contributed by atoms with Gasteiger partial charge in [0.25, 0.3) is 0 Å². The maximum absolute atomic E-state index is 13.9. The Morgan fingerprint density at radius 2 is 2.05 bits per heavy atom. The van der Waals surface area contributed by atoms with Crippen molar-refractivity contribution in [1.82, 2.24) is 4.98 Å². The predicted octanol–water partition coefficient (Wildman–Crippen LogP) is 4.34. The summed E-state index contributed by atoms with van der Waals surface area (Å²) < 4.78 is 33.8. The van der Waals surface area contributed by atoms with E-state index in [1.807, 2.05) is 13.0 Å². The molecule has 0 saturated carbocycles. The van der Waals surface area contributed by atoms with Gasteiger partial charge in [0.2, 0.25) is 11.7 Å². The zero-order valence-corrected chi connectivity index (χ0v) is 12.5. The summed E-state index contributed by atoms with van der Waals surface area (Å²) in [5.74, 6) is -2.04. The van der Waals surface area contributed by atoms with E-state index in [4.69, 9.17) is 9.52 Å². The van der Waals surface area contributed by atoms with Crippen molar-refractivity contribution in [3.8, 4) is 11.5 Å². The van der Waals surface area contributed by atoms with Crippen molar-refractivity contribution >= 4 is 27.0 Å². The molecule has 0 aliphatic heterocycles. The van der Waals surface area contributed by atoms with Crippen molar-refractivity contribution in [2.45, 2.75) is 13.5 Å². The lowest BCUT2D eigenvalue weighted by molar-refractivity contribution is 0.273. The van der Waals surface area contributed by atoms with Crippen LogP contribution in [0.2, 0.25) is 0 Å². The van der Waals surface area contributed by atoms with E-state index in [0.29, 0.717) is 5.56 Å². The first-order valence-electron chi connectivity index (χ1n) is 6.16. The van der Waals surface area contributed by atoms with Gasteiger partial charge in [-0.25, -0.2) is 9.37 Å². The van der Waals surface area contributed by atoms with Crippen LogP contribution < -0.4 is 0 Å². The van der Waals surface area contributed by atoms with Crippen molar-refractivity contribution in [2.75, 3.05) is 0 Å². The van der Waals surface area contributed by atoms with Gasteiger partial charge in [-0.1, -0.05) is 22.0 Å². The molecule has 3 rings (SSSR count). The molecular weight excluding hydrogens is 344 g/mol. The van der Waals surface area contributed by atoms with Gasteiger partial charge >= 0.3 is 0 Å². The zero-order chi connectivity index (χ0) is 15.1. The zero-order valence-electron chi connectivity index (χ0n) is 11.0. The molecule has 1 aromatic heterocycles. The van der Waals surface area contributed by atoms with E-state index >= 15 is 0 Å². The lowest BCUT2D eigenvalue weighted by Gasteiger charge is -2.02. The minimum absolute atomic E-state index is 0.147. The molecule has 1 heterocycles. The van der Waals surface area contributed by atoms with Gasteiger partial charge in [-0.15, -0.1) is 0 Å². The topological polar surface area (TPSA) is 46.3 Å². The van der Waals surface area contributed by atoms with E-state index in [9.17, 15) is 8.78 Å². The summed E-state index contributed by atoms with van der Waals surface area (Å²) in [6.07, 6.45) is 0. The van der Waals surface area contributed by atoms with Gasteiger partial charge in [0.05, 0.1) is 6.61 Å². The van der Waals surface area contributed by atoms with E-state index in [-0.39, 0.29) is 22.6 Å². The number of halogens is 3. The molecule has 3 aromatic rings. The maximum Gasteiger partial charge on any atom is 0.227 e. The van der Waals surface area contributed by atoms with E-state index in [1.54, 1.807) is 12.1 Å². The van der Waals surface area contributed by atoms with Crippen LogP contribution in [0.5, 0.6) is 0 Å². The molecule has 21 heavy (non-hydrogen) atoms. The SMILES string of the molecule is Cc1c(Br)cccc1-c1nc2cc(CO)c(F)c(F)c2o1. The van der Waals surface area contributed by atoms with Crippen molar-refractivity contribution in [1.29, 1.82) is 0 Å². The van der Waals surface area contributed by atoms with Crippen LogP contribution >= 0.6 is 15.9 Å². The number of hydrogen-bond donors (Lipinski definition) is 1. The second-order valence-corrected chi connectivity index (χ2v) is 5.46. The minimum Gasteiger partial charge on any atom is -0.433 e. The van der Waals surface area contributed by atoms with Gasteiger partial charge < -0.3 is 9.52 Å². The summed E-state index contributed by atoms with van der Waals surface area (Å²) in [6, 6.07) is 6.74. The fraction of sp³-hybridized carbons (Fsp3) is 0.133. The third-order valence-corrected chi connectivity index (χ3v) is 4.17. The highest BCUT2D eigenvalue weighted by atomic mass is 79.9. The quantitative estimate of drug-likeness (QED) is 0.745. The Labute approximate surface area is 127 Å². The number of rotatable bonds is 2. The van der Waals surface area contributed by atoms with Crippen LogP contribution in [-0.2, 0) is 6.61 Å². The first-order valence-corrected chi connectivity index (χ1v) is 6.96. The van der Waals surface area contributed by atoms with Gasteiger partial charge in [0.1, 0.15) is 5.52 Å². The Morgan fingerprint density at radius 3 is 2.76 bits per heavy atom. The summed E-state index contributed by atoms with van der Waals surface area (Å²) >= 11 is 3.40. The van der Waals surface area contributed by atoms with Crippen molar-refractivity contribution in [2.24, 2.45) is 0 Å². The maximum atomic E-state index is 13.9. The Balaban J connectivity index is 2.27. The van der Waals surface area contributed by atoms with Gasteiger partial charge in [-0.05, 0) is 30.7 Å². The third-order valence-electron chi connectivity index (χ3n) is 3.31. The highest BCUT2D eigenvalue weighted by molar-refractivity contribution is 9.10. The summed E-state index contributed by atoms with van der Waals surface area (Å²) in [5, 5.41) is 9.04. The normalized spacial score (nSPS) is 11.3. The molecule has 3 nitrogen and oxygen atoms in total. The number of nitrogens with zero attached hydrogens (tertiary/aromatic N) is 1. The van der Waals surface area contributed by atoms with Crippen LogP contribution in [0.25, 0.3) is 22.6 Å². The van der Waals surface area contributed by atoms with Crippen LogP contribution in [0, 0.1) is 18.6 Å². The fourth-order valence-electron chi connectivity index (χ4n) is 2.13. The van der Waals surface area contributed by atoms with E-state index < -0.39 is 18.2 Å². The Morgan fingerprint density at radius 1 is 1.29 bits per heavy atom. The summed E-state index contributed by atoms with van der Waals surface area (Å²) in [4.78, 5) is 4.19. The molecule has 2 aromatic carbocycles. The predicted molar refractivity (Wildman–Crippen MR) is 77.7 cm³/mol. The van der Waals surface area contributed by atoms with E-state index in [2.05, 4.69) is 20.9 Å².